The van der Waals surface area contributed by atoms with Crippen LogP contribution in [0.3, 0.4) is 0 Å². The number of benzene rings is 1. The van der Waals surface area contributed by atoms with Gasteiger partial charge in [-0.15, -0.1) is 0 Å². The summed E-state index contributed by atoms with van der Waals surface area (Å²) in [7, 11) is 0. The Labute approximate surface area is 150 Å². The minimum absolute atomic E-state index is 0.0770. The number of nitrogens with zero attached hydrogens (tertiary/aromatic N) is 1. The fourth-order valence-corrected chi connectivity index (χ4v) is 2.04. The summed E-state index contributed by atoms with van der Waals surface area (Å²) in [4.78, 5) is 44.7. The first-order valence-corrected chi connectivity index (χ1v) is 7.34. The molecular formula is C15H11N3O9. The number of carbonyl (C=O) groups is 3. The topological polar surface area (TPSA) is 159 Å². The van der Waals surface area contributed by atoms with Gasteiger partial charge in [-0.05, 0) is 18.2 Å². The Bertz CT molecular complexity index is 921. The lowest BCUT2D eigenvalue weighted by Gasteiger charge is -2.07. The van der Waals surface area contributed by atoms with E-state index in [1.165, 1.54) is 6.07 Å². The van der Waals surface area contributed by atoms with E-state index < -0.39 is 41.1 Å². The number of carbonyl (C=O) groups excluding carboxylic acids is 3. The van der Waals surface area contributed by atoms with E-state index in [9.17, 15) is 24.5 Å². The van der Waals surface area contributed by atoms with Crippen molar-refractivity contribution in [3.05, 3.63) is 46.2 Å². The summed E-state index contributed by atoms with van der Waals surface area (Å²) in [6.07, 6.45) is 0. The molecule has 2 heterocycles. The zero-order chi connectivity index (χ0) is 19.4. The first-order chi connectivity index (χ1) is 12.9. The molecule has 3 amide bonds. The van der Waals surface area contributed by atoms with Gasteiger partial charge in [0.25, 0.3) is 5.91 Å². The van der Waals surface area contributed by atoms with Crippen LogP contribution in [0, 0.1) is 10.1 Å². The maximum absolute atomic E-state index is 11.8. The molecule has 0 bridgehead atoms. The smallest absolute Gasteiger partial charge is 0.433 e. The second-order valence-corrected chi connectivity index (χ2v) is 5.04. The van der Waals surface area contributed by atoms with Gasteiger partial charge in [0.15, 0.2) is 18.1 Å². The van der Waals surface area contributed by atoms with Crippen LogP contribution in [0.5, 0.6) is 11.5 Å². The Morgan fingerprint density at radius 1 is 1.15 bits per heavy atom. The van der Waals surface area contributed by atoms with Crippen LogP contribution in [-0.4, -0.2) is 36.2 Å². The van der Waals surface area contributed by atoms with Crippen molar-refractivity contribution in [2.45, 2.75) is 0 Å². The Morgan fingerprint density at radius 2 is 1.93 bits per heavy atom. The number of furan rings is 1. The van der Waals surface area contributed by atoms with Gasteiger partial charge in [-0.3, -0.25) is 20.2 Å². The van der Waals surface area contributed by atoms with Crippen LogP contribution < -0.4 is 20.1 Å². The third-order valence-electron chi connectivity index (χ3n) is 3.19. The number of rotatable bonds is 5. The van der Waals surface area contributed by atoms with E-state index in [-0.39, 0.29) is 6.79 Å². The molecule has 0 saturated heterocycles. The molecule has 0 fully saturated rings. The molecular weight excluding hydrogens is 366 g/mol. The van der Waals surface area contributed by atoms with Crippen LogP contribution in [0.4, 0.5) is 16.4 Å². The van der Waals surface area contributed by atoms with Crippen LogP contribution in [0.2, 0.25) is 0 Å². The molecule has 2 N–H and O–H groups in total. The van der Waals surface area contributed by atoms with Gasteiger partial charge in [0.05, 0.1) is 6.07 Å². The minimum atomic E-state index is -1.09. The van der Waals surface area contributed by atoms with Crippen LogP contribution in [-0.2, 0) is 9.53 Å². The van der Waals surface area contributed by atoms with Crippen molar-refractivity contribution in [3.8, 4) is 11.5 Å². The van der Waals surface area contributed by atoms with Crippen molar-refractivity contribution >= 4 is 29.5 Å². The zero-order valence-corrected chi connectivity index (χ0v) is 13.4. The lowest BCUT2D eigenvalue weighted by molar-refractivity contribution is -0.402. The average molecular weight is 377 g/mol. The van der Waals surface area contributed by atoms with Crippen molar-refractivity contribution < 1.29 is 37.9 Å². The lowest BCUT2D eigenvalue weighted by Crippen LogP contribution is -2.37. The normalized spacial score (nSPS) is 11.6. The van der Waals surface area contributed by atoms with Gasteiger partial charge in [0.2, 0.25) is 12.6 Å². The standard InChI is InChI=1S/C15H11N3O9/c19-12(6-24-14(20)10-3-4-13(27-10)18(22)23)17-15(21)16-8-1-2-9-11(5-8)26-7-25-9/h1-5H,6-7H2,(H2,16,17,19,21). The number of urea groups is 1. The van der Waals surface area contributed by atoms with Crippen LogP contribution in [0.1, 0.15) is 10.6 Å². The molecule has 0 spiro atoms. The molecule has 1 aromatic heterocycles. The lowest BCUT2D eigenvalue weighted by atomic mass is 10.3. The van der Waals surface area contributed by atoms with Crippen molar-refractivity contribution in [3.63, 3.8) is 0 Å². The maximum atomic E-state index is 11.8. The Balaban J connectivity index is 1.46. The molecule has 1 aromatic carbocycles. The molecule has 2 aromatic rings. The van der Waals surface area contributed by atoms with Crippen molar-refractivity contribution in [1.29, 1.82) is 0 Å². The molecule has 1 aliphatic rings. The maximum Gasteiger partial charge on any atom is 0.433 e. The van der Waals surface area contributed by atoms with E-state index in [1.54, 1.807) is 12.1 Å². The van der Waals surface area contributed by atoms with Crippen LogP contribution in [0.15, 0.2) is 34.7 Å². The van der Waals surface area contributed by atoms with E-state index >= 15 is 0 Å². The molecule has 0 unspecified atom stereocenters. The van der Waals surface area contributed by atoms with E-state index in [2.05, 4.69) is 14.5 Å². The van der Waals surface area contributed by atoms with Gasteiger partial charge in [-0.2, -0.15) is 0 Å². The monoisotopic (exact) mass is 377 g/mol. The molecule has 27 heavy (non-hydrogen) atoms. The molecule has 3 rings (SSSR count). The number of nitrogens with one attached hydrogen (secondary N) is 2. The SMILES string of the molecule is O=C(COC(=O)c1ccc([N+](=O)[O-])o1)NC(=O)Nc1ccc2c(c1)OCO2. The summed E-state index contributed by atoms with van der Waals surface area (Å²) >= 11 is 0. The summed E-state index contributed by atoms with van der Waals surface area (Å²) in [5, 5.41) is 14.8. The summed E-state index contributed by atoms with van der Waals surface area (Å²) < 4.78 is 19.5. The molecule has 0 radical (unpaired) electrons. The number of anilines is 1. The quantitative estimate of drug-likeness (QED) is 0.446. The fraction of sp³-hybridized carbons (Fsp3) is 0.133. The predicted molar refractivity (Wildman–Crippen MR) is 85.4 cm³/mol. The fourth-order valence-electron chi connectivity index (χ4n) is 2.04. The number of amides is 3. The molecule has 140 valence electrons. The Hall–Kier alpha value is -4.09. The first-order valence-electron chi connectivity index (χ1n) is 7.34. The van der Waals surface area contributed by atoms with E-state index in [4.69, 9.17) is 9.47 Å². The van der Waals surface area contributed by atoms with E-state index in [0.717, 1.165) is 12.1 Å². The molecule has 0 aliphatic carbocycles. The highest BCUT2D eigenvalue weighted by atomic mass is 16.7. The number of hydrogen-bond acceptors (Lipinski definition) is 9. The number of ether oxygens (including phenoxy) is 3. The van der Waals surface area contributed by atoms with Gasteiger partial charge >= 0.3 is 17.9 Å². The van der Waals surface area contributed by atoms with Gasteiger partial charge in [0, 0.05) is 11.8 Å². The van der Waals surface area contributed by atoms with Crippen molar-refractivity contribution in [2.75, 3.05) is 18.7 Å². The summed E-state index contributed by atoms with van der Waals surface area (Å²) in [5.41, 5.74) is 0.351. The Morgan fingerprint density at radius 3 is 2.67 bits per heavy atom. The highest BCUT2D eigenvalue weighted by Gasteiger charge is 2.20. The second-order valence-electron chi connectivity index (χ2n) is 5.04. The first kappa shape index (κ1) is 17.7. The van der Waals surface area contributed by atoms with E-state index in [0.29, 0.717) is 17.2 Å². The molecule has 12 heteroatoms. The number of fused-ring (bicyclic) bond motifs is 1. The van der Waals surface area contributed by atoms with Crippen molar-refractivity contribution in [2.24, 2.45) is 0 Å². The van der Waals surface area contributed by atoms with Gasteiger partial charge in [0.1, 0.15) is 4.92 Å². The minimum Gasteiger partial charge on any atom is -0.454 e. The zero-order valence-electron chi connectivity index (χ0n) is 13.4. The molecule has 0 saturated carbocycles. The number of nitro groups is 1. The van der Waals surface area contributed by atoms with Gasteiger partial charge in [-0.1, -0.05) is 0 Å². The molecule has 0 atom stereocenters. The third-order valence-corrected chi connectivity index (χ3v) is 3.19. The van der Waals surface area contributed by atoms with E-state index in [1.807, 2.05) is 5.32 Å². The third kappa shape index (κ3) is 4.31. The van der Waals surface area contributed by atoms with Crippen LogP contribution >= 0.6 is 0 Å². The van der Waals surface area contributed by atoms with Gasteiger partial charge in [-0.25, -0.2) is 9.59 Å². The largest absolute Gasteiger partial charge is 0.454 e. The Kier molecular flexibility index (Phi) is 4.88. The molecule has 1 aliphatic heterocycles. The predicted octanol–water partition coefficient (Wildman–Crippen LogP) is 1.42. The number of imide groups is 1. The van der Waals surface area contributed by atoms with Crippen molar-refractivity contribution in [1.82, 2.24) is 5.32 Å². The second kappa shape index (κ2) is 7.43. The highest BCUT2D eigenvalue weighted by molar-refractivity contribution is 6.02. The number of hydrogen-bond donors (Lipinski definition) is 2. The number of esters is 1. The summed E-state index contributed by atoms with van der Waals surface area (Å²) in [6.45, 7) is -0.713. The summed E-state index contributed by atoms with van der Waals surface area (Å²) in [6, 6.07) is 5.78. The molecule has 12 nitrogen and oxygen atoms in total. The van der Waals surface area contributed by atoms with Crippen LogP contribution in [0.25, 0.3) is 0 Å². The average Bonchev–Trinajstić information content (AvgIpc) is 3.28. The van der Waals surface area contributed by atoms with Gasteiger partial charge < -0.3 is 23.9 Å². The summed E-state index contributed by atoms with van der Waals surface area (Å²) in [5.74, 6) is -2.12. The highest BCUT2D eigenvalue weighted by Crippen LogP contribution is 2.34.